The molecule has 0 fully saturated rings. The van der Waals surface area contributed by atoms with Crippen molar-refractivity contribution in [3.05, 3.63) is 95.6 Å². The lowest BCUT2D eigenvalue weighted by Gasteiger charge is -2.15. The fourth-order valence-electron chi connectivity index (χ4n) is 2.93. The molecule has 0 atom stereocenters. The van der Waals surface area contributed by atoms with E-state index in [0.29, 0.717) is 17.9 Å². The van der Waals surface area contributed by atoms with Gasteiger partial charge in [0.25, 0.3) is 0 Å². The van der Waals surface area contributed by atoms with E-state index in [0.717, 1.165) is 23.8 Å². The second-order valence-corrected chi connectivity index (χ2v) is 7.11. The molecule has 0 bridgehead atoms. The molecule has 2 N–H and O–H groups in total. The molecule has 8 heteroatoms. The Hall–Kier alpha value is -4.07. The lowest BCUT2D eigenvalue weighted by Crippen LogP contribution is -2.16. The maximum Gasteiger partial charge on any atom is 0.418 e. The van der Waals surface area contributed by atoms with Crippen LogP contribution in [-0.4, -0.2) is 11.8 Å². The Morgan fingerprint density at radius 1 is 0.939 bits per heavy atom. The van der Waals surface area contributed by atoms with Gasteiger partial charge in [0.2, 0.25) is 11.8 Å². The zero-order valence-electron chi connectivity index (χ0n) is 17.6. The second kappa shape index (κ2) is 10.5. The fraction of sp³-hybridized carbons (Fsp3) is 0.120. The normalized spacial score (nSPS) is 11.3. The number of hydrogen-bond donors (Lipinski definition) is 2. The monoisotopic (exact) mass is 454 g/mol. The van der Waals surface area contributed by atoms with Crippen molar-refractivity contribution < 1.29 is 27.5 Å². The van der Waals surface area contributed by atoms with Gasteiger partial charge in [0.05, 0.1) is 11.3 Å². The minimum atomic E-state index is -4.71. The first kappa shape index (κ1) is 23.6. The zero-order chi connectivity index (χ0) is 23.8. The Balaban J connectivity index is 1.63. The Morgan fingerprint density at radius 3 is 2.27 bits per heavy atom. The highest BCUT2D eigenvalue weighted by atomic mass is 19.4. The average molecular weight is 454 g/mol. The summed E-state index contributed by atoms with van der Waals surface area (Å²) in [4.78, 5) is 23.3. The van der Waals surface area contributed by atoms with Crippen LogP contribution in [0.1, 0.15) is 23.6 Å². The van der Waals surface area contributed by atoms with E-state index in [-0.39, 0.29) is 5.69 Å². The van der Waals surface area contributed by atoms with E-state index < -0.39 is 29.2 Å². The molecule has 0 radical (unpaired) electrons. The van der Waals surface area contributed by atoms with Crippen molar-refractivity contribution in [3.63, 3.8) is 0 Å². The minimum absolute atomic E-state index is 0.0158. The maximum atomic E-state index is 13.4. The summed E-state index contributed by atoms with van der Waals surface area (Å²) in [7, 11) is 0. The maximum absolute atomic E-state index is 13.4. The smallest absolute Gasteiger partial charge is 0.418 e. The van der Waals surface area contributed by atoms with Gasteiger partial charge in [0.15, 0.2) is 0 Å². The molecule has 0 saturated carbocycles. The molecule has 0 aliphatic heterocycles. The number of alkyl halides is 3. The topological polar surface area (TPSA) is 67.4 Å². The molecule has 0 aliphatic carbocycles. The number of rotatable bonds is 7. The molecule has 5 nitrogen and oxygen atoms in total. The van der Waals surface area contributed by atoms with Crippen molar-refractivity contribution in [3.8, 4) is 5.75 Å². The number of carbonyl (C=O) groups excluding carboxylic acids is 2. The van der Waals surface area contributed by atoms with E-state index in [9.17, 15) is 22.8 Å². The Labute approximate surface area is 188 Å². The minimum Gasteiger partial charge on any atom is -0.489 e. The Bertz CT molecular complexity index is 1140. The largest absolute Gasteiger partial charge is 0.489 e. The van der Waals surface area contributed by atoms with Crippen LogP contribution in [0.4, 0.5) is 24.5 Å². The molecule has 0 unspecified atom stereocenters. The van der Waals surface area contributed by atoms with E-state index in [1.54, 1.807) is 24.3 Å². The van der Waals surface area contributed by atoms with Gasteiger partial charge in [-0.05, 0) is 47.5 Å². The van der Waals surface area contributed by atoms with Gasteiger partial charge in [-0.15, -0.1) is 0 Å². The van der Waals surface area contributed by atoms with Crippen LogP contribution in [0.3, 0.4) is 0 Å². The number of hydrogen-bond acceptors (Lipinski definition) is 3. The van der Waals surface area contributed by atoms with E-state index in [2.05, 4.69) is 10.6 Å². The van der Waals surface area contributed by atoms with Crippen LogP contribution in [0.25, 0.3) is 6.08 Å². The molecule has 170 valence electrons. The number of amides is 2. The zero-order valence-corrected chi connectivity index (χ0v) is 17.6. The lowest BCUT2D eigenvalue weighted by atomic mass is 10.1. The summed E-state index contributed by atoms with van der Waals surface area (Å²) in [5.74, 6) is -0.578. The van der Waals surface area contributed by atoms with Crippen molar-refractivity contribution in [2.45, 2.75) is 19.7 Å². The van der Waals surface area contributed by atoms with Crippen LogP contribution in [0.2, 0.25) is 0 Å². The average Bonchev–Trinajstić information content (AvgIpc) is 2.77. The highest BCUT2D eigenvalue weighted by molar-refractivity contribution is 6.02. The SMILES string of the molecule is CC(=O)Nc1ccc(NC(=O)/C=C/c2ccc(OCc3ccccc3)cc2)c(C(F)(F)F)c1. The molecule has 0 aliphatic rings. The van der Waals surface area contributed by atoms with Gasteiger partial charge in [-0.1, -0.05) is 42.5 Å². The van der Waals surface area contributed by atoms with Crippen molar-refractivity contribution >= 4 is 29.3 Å². The lowest BCUT2D eigenvalue weighted by molar-refractivity contribution is -0.137. The van der Waals surface area contributed by atoms with Crippen LogP contribution >= 0.6 is 0 Å². The summed E-state index contributed by atoms with van der Waals surface area (Å²) in [5.41, 5.74) is 0.222. The fourth-order valence-corrected chi connectivity index (χ4v) is 2.93. The number of ether oxygens (including phenoxy) is 1. The van der Waals surface area contributed by atoms with Crippen LogP contribution in [-0.2, 0) is 22.4 Å². The predicted octanol–water partition coefficient (Wildman–Crippen LogP) is 5.89. The van der Waals surface area contributed by atoms with E-state index in [1.165, 1.54) is 19.1 Å². The van der Waals surface area contributed by atoms with Crippen molar-refractivity contribution in [1.29, 1.82) is 0 Å². The molecule has 33 heavy (non-hydrogen) atoms. The third-order valence-corrected chi connectivity index (χ3v) is 4.46. The van der Waals surface area contributed by atoms with Crippen molar-refractivity contribution in [2.75, 3.05) is 10.6 Å². The number of halogens is 3. The quantitative estimate of drug-likeness (QED) is 0.437. The first-order valence-corrected chi connectivity index (χ1v) is 9.95. The molecule has 3 aromatic carbocycles. The molecular formula is C25H21F3N2O3. The first-order chi connectivity index (χ1) is 15.7. The summed E-state index contributed by atoms with van der Waals surface area (Å²) < 4.78 is 45.8. The number of anilines is 2. The number of nitrogens with one attached hydrogen (secondary N) is 2. The molecule has 3 aromatic rings. The summed E-state index contributed by atoms with van der Waals surface area (Å²) in [6, 6.07) is 19.8. The first-order valence-electron chi connectivity index (χ1n) is 9.95. The predicted molar refractivity (Wildman–Crippen MR) is 121 cm³/mol. The van der Waals surface area contributed by atoms with E-state index in [4.69, 9.17) is 4.74 Å². The molecular weight excluding hydrogens is 433 g/mol. The summed E-state index contributed by atoms with van der Waals surface area (Å²) >= 11 is 0. The summed E-state index contributed by atoms with van der Waals surface area (Å²) in [6.45, 7) is 1.61. The van der Waals surface area contributed by atoms with Crippen LogP contribution in [0, 0.1) is 0 Å². The van der Waals surface area contributed by atoms with Gasteiger partial charge < -0.3 is 15.4 Å². The summed E-state index contributed by atoms with van der Waals surface area (Å²) in [5, 5.41) is 4.53. The molecule has 0 aromatic heterocycles. The van der Waals surface area contributed by atoms with Gasteiger partial charge in [-0.3, -0.25) is 9.59 Å². The molecule has 0 spiro atoms. The second-order valence-electron chi connectivity index (χ2n) is 7.11. The van der Waals surface area contributed by atoms with Crippen molar-refractivity contribution in [2.24, 2.45) is 0 Å². The van der Waals surface area contributed by atoms with Gasteiger partial charge in [0, 0.05) is 18.7 Å². The van der Waals surface area contributed by atoms with Crippen LogP contribution in [0.15, 0.2) is 78.9 Å². The third-order valence-electron chi connectivity index (χ3n) is 4.46. The molecule has 2 amide bonds. The standard InChI is InChI=1S/C25H21F3N2O3/c1-17(31)29-20-10-13-23(22(15-20)25(26,27)28)30-24(32)14-9-18-7-11-21(12-8-18)33-16-19-5-3-2-4-6-19/h2-15H,16H2,1H3,(H,29,31)(H,30,32)/b14-9+. The van der Waals surface area contributed by atoms with Gasteiger partial charge in [0.1, 0.15) is 12.4 Å². The number of carbonyl (C=O) groups is 2. The molecule has 0 saturated heterocycles. The summed E-state index contributed by atoms with van der Waals surface area (Å²) in [6.07, 6.45) is -2.09. The molecule has 3 rings (SSSR count). The Kier molecular flexibility index (Phi) is 7.50. The van der Waals surface area contributed by atoms with Crippen LogP contribution in [0.5, 0.6) is 5.75 Å². The van der Waals surface area contributed by atoms with Crippen molar-refractivity contribution in [1.82, 2.24) is 0 Å². The highest BCUT2D eigenvalue weighted by Gasteiger charge is 2.34. The number of benzene rings is 3. The highest BCUT2D eigenvalue weighted by Crippen LogP contribution is 2.36. The molecule has 0 heterocycles. The van der Waals surface area contributed by atoms with Gasteiger partial charge in [-0.2, -0.15) is 13.2 Å². The van der Waals surface area contributed by atoms with Gasteiger partial charge >= 0.3 is 6.18 Å². The Morgan fingerprint density at radius 2 is 1.64 bits per heavy atom. The third kappa shape index (κ3) is 7.24. The van der Waals surface area contributed by atoms with E-state index >= 15 is 0 Å². The van der Waals surface area contributed by atoms with E-state index in [1.807, 2.05) is 30.3 Å². The van der Waals surface area contributed by atoms with Gasteiger partial charge in [-0.25, -0.2) is 0 Å². The van der Waals surface area contributed by atoms with Crippen LogP contribution < -0.4 is 15.4 Å².